The number of methoxy groups -OCH3 is 1. The van der Waals surface area contributed by atoms with Crippen molar-refractivity contribution < 1.29 is 14.2 Å². The number of para-hydroxylation sites is 1. The van der Waals surface area contributed by atoms with Crippen LogP contribution in [-0.4, -0.2) is 57.5 Å². The highest BCUT2D eigenvalue weighted by atomic mass is 16.6. The van der Waals surface area contributed by atoms with Crippen molar-refractivity contribution in [3.63, 3.8) is 0 Å². The number of hydrogen-bond acceptors (Lipinski definition) is 5. The van der Waals surface area contributed by atoms with Crippen molar-refractivity contribution in [2.75, 3.05) is 46.5 Å². The summed E-state index contributed by atoms with van der Waals surface area (Å²) in [5, 5.41) is 3.38. The summed E-state index contributed by atoms with van der Waals surface area (Å²) in [6.45, 7) is 6.61. The van der Waals surface area contributed by atoms with Crippen LogP contribution in [0.15, 0.2) is 18.2 Å². The molecule has 3 rings (SSSR count). The van der Waals surface area contributed by atoms with Gasteiger partial charge in [-0.1, -0.05) is 12.1 Å². The Bertz CT molecular complexity index is 455. The van der Waals surface area contributed by atoms with Gasteiger partial charge < -0.3 is 19.5 Å². The Hall–Kier alpha value is -1.30. The fraction of sp³-hybridized carbons (Fsp3) is 0.625. The molecule has 1 atom stereocenters. The van der Waals surface area contributed by atoms with Crippen molar-refractivity contribution in [2.45, 2.75) is 19.1 Å². The van der Waals surface area contributed by atoms with Crippen LogP contribution in [0.1, 0.15) is 12.0 Å². The summed E-state index contributed by atoms with van der Waals surface area (Å²) in [6, 6.07) is 6.14. The van der Waals surface area contributed by atoms with Gasteiger partial charge >= 0.3 is 0 Å². The highest BCUT2D eigenvalue weighted by molar-refractivity contribution is 5.46. The molecule has 0 aliphatic carbocycles. The van der Waals surface area contributed by atoms with Gasteiger partial charge in [-0.25, -0.2) is 0 Å². The average Bonchev–Trinajstić information content (AvgIpc) is 3.03. The first kappa shape index (κ1) is 14.6. The summed E-state index contributed by atoms with van der Waals surface area (Å²) in [5.74, 6) is 1.70. The van der Waals surface area contributed by atoms with E-state index in [1.54, 1.807) is 7.11 Å². The monoisotopic (exact) mass is 292 g/mol. The molecule has 2 saturated heterocycles. The third-order valence-corrected chi connectivity index (χ3v) is 4.06. The Morgan fingerprint density at radius 3 is 2.90 bits per heavy atom. The maximum atomic E-state index is 6.18. The van der Waals surface area contributed by atoms with Crippen LogP contribution in [0.2, 0.25) is 0 Å². The van der Waals surface area contributed by atoms with E-state index in [0.29, 0.717) is 6.61 Å². The molecule has 116 valence electrons. The van der Waals surface area contributed by atoms with E-state index in [9.17, 15) is 0 Å². The molecule has 1 unspecified atom stereocenters. The molecule has 2 aliphatic rings. The molecule has 1 aromatic carbocycles. The molecule has 5 heteroatoms. The summed E-state index contributed by atoms with van der Waals surface area (Å²) in [4.78, 5) is 2.45. The molecule has 0 radical (unpaired) electrons. The van der Waals surface area contributed by atoms with E-state index in [2.05, 4.69) is 16.3 Å². The first-order valence-corrected chi connectivity index (χ1v) is 7.70. The van der Waals surface area contributed by atoms with Gasteiger partial charge in [0.15, 0.2) is 11.5 Å². The van der Waals surface area contributed by atoms with Gasteiger partial charge in [-0.3, -0.25) is 4.90 Å². The summed E-state index contributed by atoms with van der Waals surface area (Å²) in [7, 11) is 1.70. The number of nitrogens with one attached hydrogen (secondary N) is 1. The zero-order valence-electron chi connectivity index (χ0n) is 12.6. The predicted octanol–water partition coefficient (Wildman–Crippen LogP) is 1.27. The van der Waals surface area contributed by atoms with Crippen LogP contribution in [0.3, 0.4) is 0 Å². The van der Waals surface area contributed by atoms with Gasteiger partial charge in [0, 0.05) is 44.7 Å². The van der Waals surface area contributed by atoms with Gasteiger partial charge in [0.25, 0.3) is 0 Å². The van der Waals surface area contributed by atoms with Gasteiger partial charge in [-0.2, -0.15) is 0 Å². The minimum atomic E-state index is 0.142. The van der Waals surface area contributed by atoms with E-state index in [0.717, 1.165) is 57.3 Å². The first-order chi connectivity index (χ1) is 10.4. The quantitative estimate of drug-likeness (QED) is 0.885. The Morgan fingerprint density at radius 1 is 1.33 bits per heavy atom. The summed E-state index contributed by atoms with van der Waals surface area (Å²) in [5.41, 5.74) is 1.20. The van der Waals surface area contributed by atoms with Crippen LogP contribution in [-0.2, 0) is 11.3 Å². The number of rotatable bonds is 5. The van der Waals surface area contributed by atoms with Gasteiger partial charge in [0.1, 0.15) is 6.10 Å². The van der Waals surface area contributed by atoms with Crippen LogP contribution in [0.25, 0.3) is 0 Å². The van der Waals surface area contributed by atoms with E-state index in [1.165, 1.54) is 5.56 Å². The Morgan fingerprint density at radius 2 is 2.19 bits per heavy atom. The number of ether oxygens (including phenoxy) is 3. The maximum absolute atomic E-state index is 6.18. The van der Waals surface area contributed by atoms with Crippen LogP contribution < -0.4 is 14.8 Å². The molecule has 1 N–H and O–H groups in total. The fourth-order valence-corrected chi connectivity index (χ4v) is 2.86. The van der Waals surface area contributed by atoms with Crippen molar-refractivity contribution in [3.8, 4) is 11.5 Å². The van der Waals surface area contributed by atoms with E-state index in [4.69, 9.17) is 14.2 Å². The molecule has 2 fully saturated rings. The lowest BCUT2D eigenvalue weighted by Gasteiger charge is -2.28. The molecular weight excluding hydrogens is 268 g/mol. The van der Waals surface area contributed by atoms with Gasteiger partial charge in [0.2, 0.25) is 0 Å². The Kier molecular flexibility index (Phi) is 4.95. The van der Waals surface area contributed by atoms with Crippen molar-refractivity contribution in [1.82, 2.24) is 10.2 Å². The van der Waals surface area contributed by atoms with Crippen molar-refractivity contribution >= 4 is 0 Å². The molecule has 0 bridgehead atoms. The highest BCUT2D eigenvalue weighted by Crippen LogP contribution is 2.33. The maximum Gasteiger partial charge on any atom is 0.166 e. The number of hydrogen-bond donors (Lipinski definition) is 1. The molecule has 0 saturated carbocycles. The number of benzene rings is 1. The summed E-state index contributed by atoms with van der Waals surface area (Å²) >= 11 is 0. The third-order valence-electron chi connectivity index (χ3n) is 4.06. The van der Waals surface area contributed by atoms with Gasteiger partial charge in [-0.15, -0.1) is 0 Å². The lowest BCUT2D eigenvalue weighted by Crippen LogP contribution is -2.43. The SMILES string of the molecule is COc1cccc(CN2CCNCC2)c1OC1CCOC1. The minimum absolute atomic E-state index is 0.142. The largest absolute Gasteiger partial charge is 0.493 e. The summed E-state index contributed by atoms with van der Waals surface area (Å²) in [6.07, 6.45) is 1.09. The Balaban J connectivity index is 1.76. The fourth-order valence-electron chi connectivity index (χ4n) is 2.86. The molecule has 21 heavy (non-hydrogen) atoms. The van der Waals surface area contributed by atoms with Gasteiger partial charge in [0.05, 0.1) is 20.3 Å². The Labute approximate surface area is 126 Å². The lowest BCUT2D eigenvalue weighted by molar-refractivity contribution is 0.136. The van der Waals surface area contributed by atoms with Crippen molar-refractivity contribution in [3.05, 3.63) is 23.8 Å². The topological polar surface area (TPSA) is 43.0 Å². The van der Waals surface area contributed by atoms with Crippen LogP contribution in [0, 0.1) is 0 Å². The molecule has 1 aromatic rings. The van der Waals surface area contributed by atoms with E-state index in [1.807, 2.05) is 12.1 Å². The second kappa shape index (κ2) is 7.11. The second-order valence-electron chi connectivity index (χ2n) is 5.58. The molecule has 0 amide bonds. The molecule has 5 nitrogen and oxygen atoms in total. The molecule has 2 heterocycles. The lowest BCUT2D eigenvalue weighted by atomic mass is 10.1. The predicted molar refractivity (Wildman–Crippen MR) is 81.0 cm³/mol. The second-order valence-corrected chi connectivity index (χ2v) is 5.58. The molecular formula is C16H24N2O3. The van der Waals surface area contributed by atoms with E-state index < -0.39 is 0 Å². The van der Waals surface area contributed by atoms with Crippen LogP contribution in [0.4, 0.5) is 0 Å². The van der Waals surface area contributed by atoms with Crippen LogP contribution in [0.5, 0.6) is 11.5 Å². The molecule has 0 aromatic heterocycles. The van der Waals surface area contributed by atoms with E-state index in [-0.39, 0.29) is 6.10 Å². The standard InChI is InChI=1S/C16H24N2O3/c1-19-15-4-2-3-13(11-18-8-6-17-7-9-18)16(15)21-14-5-10-20-12-14/h2-4,14,17H,5-12H2,1H3. The van der Waals surface area contributed by atoms with Crippen molar-refractivity contribution in [2.24, 2.45) is 0 Å². The number of piperazine rings is 1. The molecule has 0 spiro atoms. The average molecular weight is 292 g/mol. The first-order valence-electron chi connectivity index (χ1n) is 7.70. The van der Waals surface area contributed by atoms with Gasteiger partial charge in [-0.05, 0) is 6.07 Å². The van der Waals surface area contributed by atoms with Crippen molar-refractivity contribution in [1.29, 1.82) is 0 Å². The highest BCUT2D eigenvalue weighted by Gasteiger charge is 2.22. The molecule has 2 aliphatic heterocycles. The minimum Gasteiger partial charge on any atom is -0.493 e. The third kappa shape index (κ3) is 3.67. The smallest absolute Gasteiger partial charge is 0.166 e. The van der Waals surface area contributed by atoms with Crippen LogP contribution >= 0.6 is 0 Å². The zero-order valence-corrected chi connectivity index (χ0v) is 12.6. The normalized spacial score (nSPS) is 23.2. The number of nitrogens with zero attached hydrogens (tertiary/aromatic N) is 1. The zero-order chi connectivity index (χ0) is 14.5. The van der Waals surface area contributed by atoms with E-state index >= 15 is 0 Å². The summed E-state index contributed by atoms with van der Waals surface area (Å²) < 4.78 is 17.1.